The summed E-state index contributed by atoms with van der Waals surface area (Å²) in [4.78, 5) is 51.7. The topological polar surface area (TPSA) is 162 Å². The molecule has 0 radical (unpaired) electrons. The van der Waals surface area contributed by atoms with Crippen molar-refractivity contribution in [1.29, 1.82) is 0 Å². The van der Waals surface area contributed by atoms with E-state index in [-0.39, 0.29) is 43.0 Å². The van der Waals surface area contributed by atoms with Crippen LogP contribution in [-0.2, 0) is 25.5 Å². The van der Waals surface area contributed by atoms with Crippen molar-refractivity contribution in [2.75, 3.05) is 65.3 Å². The first-order chi connectivity index (χ1) is 24.5. The lowest BCUT2D eigenvalue weighted by Gasteiger charge is -2.42. The number of hydrogen-bond donors (Lipinski definition) is 4. The van der Waals surface area contributed by atoms with Gasteiger partial charge in [0, 0.05) is 58.0 Å². The zero-order chi connectivity index (χ0) is 36.8. The molecule has 0 bridgehead atoms. The summed E-state index contributed by atoms with van der Waals surface area (Å²) in [7, 11) is 1.74. The minimum absolute atomic E-state index is 0.122. The molecule has 2 aliphatic carbocycles. The van der Waals surface area contributed by atoms with Crippen molar-refractivity contribution < 1.29 is 29.3 Å². The molecule has 0 unspecified atom stereocenters. The Morgan fingerprint density at radius 1 is 1.04 bits per heavy atom. The fraction of sp³-hybridized carbons (Fsp3) is 0.842. The zero-order valence-corrected chi connectivity index (χ0v) is 32.3. The highest BCUT2D eigenvalue weighted by Gasteiger charge is 2.40. The molecule has 3 amide bonds. The van der Waals surface area contributed by atoms with Crippen molar-refractivity contribution in [3.05, 3.63) is 11.1 Å². The number of hydrogen-bond acceptors (Lipinski definition) is 10. The van der Waals surface area contributed by atoms with Crippen LogP contribution in [0.1, 0.15) is 103 Å². The van der Waals surface area contributed by atoms with Crippen molar-refractivity contribution in [2.24, 2.45) is 23.7 Å². The van der Waals surface area contributed by atoms with Crippen LogP contribution in [0, 0.1) is 23.7 Å². The monoisotopic (exact) mass is 734 g/mol. The molecule has 290 valence electrons. The number of nitrogen functional groups attached to an aromatic ring is 1. The van der Waals surface area contributed by atoms with Gasteiger partial charge in [-0.2, -0.15) is 0 Å². The quantitative estimate of drug-likeness (QED) is 0.166. The van der Waals surface area contributed by atoms with E-state index in [0.29, 0.717) is 61.8 Å². The maximum atomic E-state index is 15.0. The Labute approximate surface area is 309 Å². The first kappa shape index (κ1) is 41.4. The van der Waals surface area contributed by atoms with E-state index in [0.717, 1.165) is 71.0 Å². The number of anilines is 1. The van der Waals surface area contributed by atoms with Crippen LogP contribution in [0.2, 0.25) is 0 Å². The highest BCUT2D eigenvalue weighted by atomic mass is 32.1. The largest absolute Gasteiger partial charge is 0.390 e. The molecular weight excluding hydrogens is 669 g/mol. The molecule has 4 atom stereocenters. The molecule has 2 saturated carbocycles. The first-order valence-electron chi connectivity index (χ1n) is 19.7. The molecule has 5 N–H and O–H groups in total. The summed E-state index contributed by atoms with van der Waals surface area (Å²) in [6, 6.07) is -0.566. The van der Waals surface area contributed by atoms with Gasteiger partial charge in [0.1, 0.15) is 6.10 Å². The van der Waals surface area contributed by atoms with Crippen LogP contribution < -0.4 is 11.1 Å². The normalized spacial score (nSPS) is 20.4. The van der Waals surface area contributed by atoms with E-state index in [1.807, 2.05) is 24.1 Å². The fourth-order valence-corrected chi connectivity index (χ4v) is 8.70. The average Bonchev–Trinajstić information content (AvgIpc) is 3.55. The van der Waals surface area contributed by atoms with Crippen LogP contribution in [0.4, 0.5) is 5.13 Å². The van der Waals surface area contributed by atoms with Crippen LogP contribution in [0.15, 0.2) is 5.38 Å². The van der Waals surface area contributed by atoms with Crippen molar-refractivity contribution in [2.45, 2.75) is 122 Å². The number of aliphatic hydroxyl groups is 2. The van der Waals surface area contributed by atoms with Gasteiger partial charge in [-0.1, -0.05) is 65.2 Å². The summed E-state index contributed by atoms with van der Waals surface area (Å²) >= 11 is 1.30. The molecule has 1 aromatic rings. The molecular formula is C38H66N6O6S. The minimum Gasteiger partial charge on any atom is -0.390 e. The van der Waals surface area contributed by atoms with Gasteiger partial charge in [0.05, 0.1) is 43.5 Å². The third-order valence-electron chi connectivity index (χ3n) is 11.2. The van der Waals surface area contributed by atoms with Gasteiger partial charge in [0.25, 0.3) is 0 Å². The lowest BCUT2D eigenvalue weighted by Crippen LogP contribution is -2.55. The lowest BCUT2D eigenvalue weighted by molar-refractivity contribution is -0.147. The van der Waals surface area contributed by atoms with Crippen LogP contribution in [0.5, 0.6) is 0 Å². The number of amides is 3. The van der Waals surface area contributed by atoms with Crippen molar-refractivity contribution >= 4 is 34.2 Å². The number of nitrogens with two attached hydrogens (primary N) is 1. The lowest BCUT2D eigenvalue weighted by atomic mass is 9.80. The summed E-state index contributed by atoms with van der Waals surface area (Å²) in [6.45, 7) is 8.74. The number of nitrogens with zero attached hydrogens (tertiary/aromatic N) is 4. The summed E-state index contributed by atoms with van der Waals surface area (Å²) in [5, 5.41) is 28.2. The Kier molecular flexibility index (Phi) is 17.4. The van der Waals surface area contributed by atoms with E-state index in [2.05, 4.69) is 15.2 Å². The molecule has 2 heterocycles. The number of rotatable bonds is 19. The Morgan fingerprint density at radius 2 is 1.69 bits per heavy atom. The number of morpholine rings is 1. The van der Waals surface area contributed by atoms with Gasteiger partial charge in [-0.15, -0.1) is 11.3 Å². The molecule has 1 aromatic heterocycles. The Morgan fingerprint density at radius 3 is 2.29 bits per heavy atom. The molecule has 13 heteroatoms. The smallest absolute Gasteiger partial charge is 0.241 e. The van der Waals surface area contributed by atoms with E-state index in [1.165, 1.54) is 24.2 Å². The number of likely N-dealkylation sites (N-methyl/N-ethyl adjacent to an activating group) is 1. The van der Waals surface area contributed by atoms with E-state index in [4.69, 9.17) is 10.5 Å². The number of carbonyl (C=O) groups is 3. The molecule has 1 aliphatic heterocycles. The van der Waals surface area contributed by atoms with Crippen LogP contribution in [0.25, 0.3) is 0 Å². The first-order valence-corrected chi connectivity index (χ1v) is 20.5. The molecule has 3 aliphatic rings. The van der Waals surface area contributed by atoms with Crippen molar-refractivity contribution in [3.63, 3.8) is 0 Å². The molecule has 4 rings (SSSR count). The second kappa shape index (κ2) is 21.4. The zero-order valence-electron chi connectivity index (χ0n) is 31.5. The van der Waals surface area contributed by atoms with E-state index >= 15 is 0 Å². The Balaban J connectivity index is 1.53. The maximum Gasteiger partial charge on any atom is 0.241 e. The van der Waals surface area contributed by atoms with Gasteiger partial charge in [-0.05, 0) is 43.4 Å². The summed E-state index contributed by atoms with van der Waals surface area (Å²) < 4.78 is 5.41. The highest BCUT2D eigenvalue weighted by Crippen LogP contribution is 2.34. The average molecular weight is 735 g/mol. The van der Waals surface area contributed by atoms with Crippen molar-refractivity contribution in [3.8, 4) is 0 Å². The van der Waals surface area contributed by atoms with E-state index in [9.17, 15) is 24.6 Å². The van der Waals surface area contributed by atoms with Crippen LogP contribution in [0.3, 0.4) is 0 Å². The molecule has 0 spiro atoms. The predicted octanol–water partition coefficient (Wildman–Crippen LogP) is 3.70. The van der Waals surface area contributed by atoms with E-state index < -0.39 is 24.2 Å². The Hall–Kier alpha value is -2.32. The second-order valence-corrected chi connectivity index (χ2v) is 16.7. The third-order valence-corrected chi connectivity index (χ3v) is 11.9. The molecule has 51 heavy (non-hydrogen) atoms. The minimum atomic E-state index is -1.10. The molecule has 3 fully saturated rings. The summed E-state index contributed by atoms with van der Waals surface area (Å²) in [6.07, 6.45) is 10.1. The summed E-state index contributed by atoms with van der Waals surface area (Å²) in [5.74, 6) is -0.715. The third kappa shape index (κ3) is 13.9. The van der Waals surface area contributed by atoms with Crippen LogP contribution in [-0.4, -0.2) is 125 Å². The van der Waals surface area contributed by atoms with Gasteiger partial charge >= 0.3 is 0 Å². The Bertz CT molecular complexity index is 1200. The highest BCUT2D eigenvalue weighted by molar-refractivity contribution is 7.13. The van der Waals surface area contributed by atoms with Gasteiger partial charge in [-0.3, -0.25) is 19.3 Å². The number of thiazole rings is 1. The SMILES string of the molecule is CC(C)C[C@H](O)[C@H](O)[C@H](CC1CCCCC1)N(CC1CCCCC1)C(=O)[C@@H](CC(=O)NCC(=O)N(C)CCN1CCOCC1)Cc1csc(N)n1. The maximum absolute atomic E-state index is 15.0. The van der Waals surface area contributed by atoms with Crippen LogP contribution >= 0.6 is 11.3 Å². The molecule has 0 aromatic carbocycles. The van der Waals surface area contributed by atoms with Crippen molar-refractivity contribution in [1.82, 2.24) is 25.0 Å². The van der Waals surface area contributed by atoms with Gasteiger partial charge < -0.3 is 35.8 Å². The number of nitrogens with one attached hydrogen (secondary N) is 1. The molecule has 1 saturated heterocycles. The predicted molar refractivity (Wildman–Crippen MR) is 201 cm³/mol. The van der Waals surface area contributed by atoms with Gasteiger partial charge in [-0.25, -0.2) is 4.98 Å². The number of ether oxygens (including phenoxy) is 1. The van der Waals surface area contributed by atoms with Gasteiger partial charge in [0.2, 0.25) is 17.7 Å². The summed E-state index contributed by atoms with van der Waals surface area (Å²) in [5.41, 5.74) is 6.63. The van der Waals surface area contributed by atoms with E-state index in [1.54, 1.807) is 11.9 Å². The van der Waals surface area contributed by atoms with Gasteiger partial charge in [0.15, 0.2) is 5.13 Å². The second-order valence-electron chi connectivity index (χ2n) is 15.8. The fourth-order valence-electron chi connectivity index (χ4n) is 8.13. The standard InChI is InChI=1S/C38H66N6O6S/c1-27(2)20-33(45)36(48)32(21-28-10-6-4-7-11-28)44(25-29-12-8-5-9-13-29)37(49)30(22-31-26-51-38(39)41-31)23-34(46)40-24-35(47)42(3)14-15-43-16-18-50-19-17-43/h26-30,32-33,36,45,48H,4-25H2,1-3H3,(H2,39,41)(H,40,46)/t30-,32+,33+,36-/m1/s1. The number of aromatic nitrogens is 1. The molecule has 12 nitrogen and oxygen atoms in total. The number of aliphatic hydroxyl groups excluding tert-OH is 2. The number of carbonyl (C=O) groups excluding carboxylic acids is 3.